The van der Waals surface area contributed by atoms with Gasteiger partial charge in [0.2, 0.25) is 0 Å². The van der Waals surface area contributed by atoms with E-state index in [0.29, 0.717) is 6.73 Å². The van der Waals surface area contributed by atoms with Crippen LogP contribution in [0.1, 0.15) is 0 Å². The maximum absolute atomic E-state index is 5.23. The summed E-state index contributed by atoms with van der Waals surface area (Å²) in [6.07, 6.45) is 6.08. The van der Waals surface area contributed by atoms with Crippen LogP contribution >= 0.6 is 0 Å². The van der Waals surface area contributed by atoms with Crippen molar-refractivity contribution >= 4 is 32.9 Å². The summed E-state index contributed by atoms with van der Waals surface area (Å²) in [6, 6.07) is 2.06. The summed E-state index contributed by atoms with van der Waals surface area (Å²) in [4.78, 5) is 11.5. The number of hydrogen-bond acceptors (Lipinski definition) is 2. The van der Waals surface area contributed by atoms with Gasteiger partial charge in [0, 0.05) is 0 Å². The van der Waals surface area contributed by atoms with Crippen LogP contribution in [-0.2, 0) is 11.5 Å². The van der Waals surface area contributed by atoms with Crippen LogP contribution in [-0.4, -0.2) is 35.0 Å². The second-order valence-corrected chi connectivity index (χ2v) is 19.5. The van der Waals surface area contributed by atoms with Gasteiger partial charge in [-0.1, -0.05) is 0 Å². The predicted molar refractivity (Wildman–Crippen MR) is 69.7 cm³/mol. The van der Waals surface area contributed by atoms with Gasteiger partial charge in [0.25, 0.3) is 0 Å². The van der Waals surface area contributed by atoms with Gasteiger partial charge < -0.3 is 0 Å². The predicted octanol–water partition coefficient (Wildman–Crippen LogP) is 2.19. The molecule has 0 spiro atoms. The molecule has 0 N–H and O–H groups in total. The van der Waals surface area contributed by atoms with Gasteiger partial charge in [-0.15, -0.1) is 0 Å². The quantitative estimate of drug-likeness (QED) is 0.809. The Labute approximate surface area is 100 Å². The van der Waals surface area contributed by atoms with E-state index in [9.17, 15) is 0 Å². The van der Waals surface area contributed by atoms with E-state index < -0.39 is 18.4 Å². The molecule has 0 aromatic carbocycles. The van der Waals surface area contributed by atoms with E-state index in [0.717, 1.165) is 0 Å². The Kier molecular flexibility index (Phi) is 3.26. The van der Waals surface area contributed by atoms with E-state index >= 15 is 0 Å². The van der Waals surface area contributed by atoms with Crippen LogP contribution in [0.25, 0.3) is 10.9 Å². The molecule has 0 saturated carbocycles. The third-order valence-electron chi connectivity index (χ3n) is 2.76. The van der Waals surface area contributed by atoms with Crippen LogP contribution in [0.3, 0.4) is 0 Å². The van der Waals surface area contributed by atoms with Crippen molar-refractivity contribution in [3.8, 4) is 0 Å². The monoisotopic (exact) mass is 326 g/mol. The summed E-state index contributed by atoms with van der Waals surface area (Å²) in [5.74, 6) is 0. The van der Waals surface area contributed by atoms with Gasteiger partial charge in [-0.05, 0) is 0 Å². The molecule has 0 atom stereocenters. The average molecular weight is 325 g/mol. The Morgan fingerprint density at radius 1 is 1.38 bits per heavy atom. The van der Waals surface area contributed by atoms with Crippen LogP contribution in [0.15, 0.2) is 24.7 Å². The van der Waals surface area contributed by atoms with E-state index in [1.165, 1.54) is 14.5 Å². The Hall–Kier alpha value is -0.551. The van der Waals surface area contributed by atoms with Crippen molar-refractivity contribution in [3.63, 3.8) is 0 Å². The van der Waals surface area contributed by atoms with Crippen LogP contribution in [0.2, 0.25) is 14.8 Å². The molecule has 0 saturated heterocycles. The fourth-order valence-electron chi connectivity index (χ4n) is 1.98. The molecule has 0 aliphatic carbocycles. The SMILES string of the molecule is COCn1c[c]([Sn]([CH3])([CH3])[CH3])c2cnccc21. The fraction of sp³-hybridized carbons (Fsp3) is 0.417. The van der Waals surface area contributed by atoms with E-state index in [4.69, 9.17) is 4.74 Å². The average Bonchev–Trinajstić information content (AvgIpc) is 2.58. The Morgan fingerprint density at radius 3 is 2.75 bits per heavy atom. The van der Waals surface area contributed by atoms with Crippen molar-refractivity contribution in [2.45, 2.75) is 21.5 Å². The molecule has 0 unspecified atom stereocenters. The Balaban J connectivity index is 2.67. The van der Waals surface area contributed by atoms with Crippen LogP contribution in [0.5, 0.6) is 0 Å². The standard InChI is InChI=1S/C9H9N2O.3CH3.Sn/c1-12-7-11-5-3-8-6-10-4-2-9(8)11;;;;/h2,4-6H,7H2,1H3;3*1H3;. The van der Waals surface area contributed by atoms with E-state index in [1.54, 1.807) is 7.11 Å². The van der Waals surface area contributed by atoms with Crippen molar-refractivity contribution in [1.29, 1.82) is 0 Å². The Morgan fingerprint density at radius 2 is 2.12 bits per heavy atom. The summed E-state index contributed by atoms with van der Waals surface area (Å²) in [5.41, 5.74) is 1.23. The van der Waals surface area contributed by atoms with Crippen molar-refractivity contribution in [2.75, 3.05) is 7.11 Å². The van der Waals surface area contributed by atoms with Crippen molar-refractivity contribution < 1.29 is 4.74 Å². The number of nitrogens with zero attached hydrogens (tertiary/aromatic N) is 2. The second kappa shape index (κ2) is 4.37. The number of methoxy groups -OCH3 is 1. The minimum atomic E-state index is -2.06. The van der Waals surface area contributed by atoms with Gasteiger partial charge in [-0.25, -0.2) is 0 Å². The van der Waals surface area contributed by atoms with Crippen LogP contribution < -0.4 is 3.58 Å². The number of hydrogen-bond donors (Lipinski definition) is 0. The van der Waals surface area contributed by atoms with Gasteiger partial charge in [0.15, 0.2) is 0 Å². The molecule has 86 valence electrons. The van der Waals surface area contributed by atoms with E-state index in [2.05, 4.69) is 36.6 Å². The topological polar surface area (TPSA) is 27.1 Å². The molecular weight excluding hydrogens is 307 g/mol. The molecule has 0 fully saturated rings. The second-order valence-electron chi connectivity index (χ2n) is 5.07. The zero-order chi connectivity index (χ0) is 11.8. The molecular formula is C12H18N2OSn. The van der Waals surface area contributed by atoms with Gasteiger partial charge in [-0.2, -0.15) is 0 Å². The molecule has 0 amide bonds. The molecule has 4 heteroatoms. The summed E-state index contributed by atoms with van der Waals surface area (Å²) in [6.45, 7) is 0.614. The van der Waals surface area contributed by atoms with Gasteiger partial charge in [-0.3, -0.25) is 0 Å². The first kappa shape index (κ1) is 11.9. The van der Waals surface area contributed by atoms with Crippen molar-refractivity contribution in [1.82, 2.24) is 9.55 Å². The zero-order valence-electron chi connectivity index (χ0n) is 10.3. The molecule has 2 aromatic heterocycles. The minimum absolute atomic E-state index is 0.614. The molecule has 0 aliphatic rings. The summed E-state index contributed by atoms with van der Waals surface area (Å²) < 4.78 is 8.93. The van der Waals surface area contributed by atoms with Crippen LogP contribution in [0, 0.1) is 0 Å². The van der Waals surface area contributed by atoms with Crippen molar-refractivity contribution in [2.24, 2.45) is 0 Å². The number of ether oxygens (including phenoxy) is 1. The molecule has 16 heavy (non-hydrogen) atoms. The summed E-state index contributed by atoms with van der Waals surface area (Å²) in [5, 5.41) is 1.31. The van der Waals surface area contributed by atoms with Gasteiger partial charge in [0.1, 0.15) is 0 Å². The summed E-state index contributed by atoms with van der Waals surface area (Å²) in [7, 11) is 1.73. The first-order chi connectivity index (χ1) is 7.54. The molecule has 2 heterocycles. The maximum atomic E-state index is 5.23. The first-order valence-corrected chi connectivity index (χ1v) is 15.5. The molecule has 2 rings (SSSR count). The number of pyridine rings is 1. The first-order valence-electron chi connectivity index (χ1n) is 5.46. The third kappa shape index (κ3) is 2.11. The van der Waals surface area contributed by atoms with E-state index in [1.807, 2.05) is 12.4 Å². The van der Waals surface area contributed by atoms with Crippen LogP contribution in [0.4, 0.5) is 0 Å². The fourth-order valence-corrected chi connectivity index (χ4v) is 6.39. The van der Waals surface area contributed by atoms with Gasteiger partial charge in [0.05, 0.1) is 0 Å². The number of rotatable bonds is 3. The molecule has 0 bridgehead atoms. The Bertz CT molecular complexity index is 499. The summed E-state index contributed by atoms with van der Waals surface area (Å²) >= 11 is -2.06. The number of aromatic nitrogens is 2. The molecule has 2 aromatic rings. The van der Waals surface area contributed by atoms with E-state index in [-0.39, 0.29) is 0 Å². The van der Waals surface area contributed by atoms with Crippen molar-refractivity contribution in [3.05, 3.63) is 24.7 Å². The zero-order valence-corrected chi connectivity index (χ0v) is 13.2. The molecule has 3 nitrogen and oxygen atoms in total. The number of fused-ring (bicyclic) bond motifs is 1. The molecule has 0 radical (unpaired) electrons. The van der Waals surface area contributed by atoms with Gasteiger partial charge >= 0.3 is 100 Å². The normalized spacial score (nSPS) is 12.2. The molecule has 0 aliphatic heterocycles. The third-order valence-corrected chi connectivity index (χ3v) is 8.51.